The molecule has 1 aromatic carbocycles. The molecule has 0 fully saturated rings. The number of carboxylic acid groups (broad SMARTS) is 1. The quantitative estimate of drug-likeness (QED) is 0.0608. The molecule has 0 spiro atoms. The second kappa shape index (κ2) is 25.0. The lowest BCUT2D eigenvalue weighted by atomic mass is 9.82. The van der Waals surface area contributed by atoms with E-state index in [-0.39, 0.29) is 31.7 Å². The van der Waals surface area contributed by atoms with Gasteiger partial charge in [0.15, 0.2) is 11.4 Å². The van der Waals surface area contributed by atoms with Crippen LogP contribution in [0.25, 0.3) is 0 Å². The van der Waals surface area contributed by atoms with Crippen molar-refractivity contribution in [3.8, 4) is 5.75 Å². The zero-order valence-corrected chi connectivity index (χ0v) is 29.4. The number of aliphatic hydroxyl groups is 1. The number of unbranched alkanes of at least 4 members (excludes halogenated alkanes) is 9. The molecule has 0 saturated heterocycles. The third kappa shape index (κ3) is 17.1. The molecule has 0 aliphatic carbocycles. The number of nitrogens with one attached hydrogen (secondary N) is 1. The fourth-order valence-corrected chi connectivity index (χ4v) is 5.38. The maximum Gasteiger partial charge on any atom is 0.336 e. The number of amides is 1. The molecule has 1 amide bonds. The summed E-state index contributed by atoms with van der Waals surface area (Å²) in [6, 6.07) is 6.45. The molecule has 0 aliphatic rings. The van der Waals surface area contributed by atoms with E-state index in [2.05, 4.69) is 19.2 Å². The molecule has 0 aliphatic heterocycles. The smallest absolute Gasteiger partial charge is 0.336 e. The summed E-state index contributed by atoms with van der Waals surface area (Å²) < 4.78 is 10.8. The Hall–Kier alpha value is -3.04. The Labute approximate surface area is 282 Å². The summed E-state index contributed by atoms with van der Waals surface area (Å²) in [6.07, 6.45) is 16.2. The van der Waals surface area contributed by atoms with Gasteiger partial charge in [0.25, 0.3) is 0 Å². The number of methoxy groups -OCH3 is 1. The first kappa shape index (κ1) is 42.0. The van der Waals surface area contributed by atoms with Crippen molar-refractivity contribution in [3.05, 3.63) is 42.0 Å². The van der Waals surface area contributed by atoms with Crippen LogP contribution in [0.4, 0.5) is 0 Å². The van der Waals surface area contributed by atoms with Crippen LogP contribution in [0.1, 0.15) is 129 Å². The number of allylic oxidation sites excluding steroid dienone is 1. The lowest BCUT2D eigenvalue weighted by Gasteiger charge is -2.31. The van der Waals surface area contributed by atoms with Crippen LogP contribution in [0.5, 0.6) is 5.75 Å². The first-order valence-corrected chi connectivity index (χ1v) is 17.8. The second-order valence-corrected chi connectivity index (χ2v) is 12.5. The van der Waals surface area contributed by atoms with Crippen LogP contribution in [0.15, 0.2) is 36.4 Å². The number of carbonyl (C=O) groups excluding carboxylic acids is 3. The number of carboxylic acids is 1. The van der Waals surface area contributed by atoms with E-state index in [9.17, 15) is 29.4 Å². The number of ketones is 2. The number of benzene rings is 1. The summed E-state index contributed by atoms with van der Waals surface area (Å²) in [5, 5.41) is 24.0. The van der Waals surface area contributed by atoms with Gasteiger partial charge in [-0.05, 0) is 56.2 Å². The highest BCUT2D eigenvalue weighted by atomic mass is 16.5. The van der Waals surface area contributed by atoms with E-state index < -0.39 is 29.4 Å². The predicted octanol–water partition coefficient (Wildman–Crippen LogP) is 7.17. The minimum atomic E-state index is -2.43. The average molecular weight is 660 g/mol. The van der Waals surface area contributed by atoms with Gasteiger partial charge in [0.05, 0.1) is 18.6 Å². The van der Waals surface area contributed by atoms with Gasteiger partial charge < -0.3 is 25.0 Å². The van der Waals surface area contributed by atoms with Crippen LogP contribution in [0, 0.1) is 5.92 Å². The van der Waals surface area contributed by atoms with Crippen molar-refractivity contribution in [3.63, 3.8) is 0 Å². The molecule has 0 saturated carbocycles. The van der Waals surface area contributed by atoms with E-state index in [1.807, 2.05) is 24.3 Å². The van der Waals surface area contributed by atoms with Crippen molar-refractivity contribution in [1.82, 2.24) is 5.32 Å². The number of hydrogen-bond donors (Lipinski definition) is 3. The Morgan fingerprint density at radius 1 is 0.851 bits per heavy atom. The molecule has 1 aromatic rings. The topological polar surface area (TPSA) is 139 Å². The standard InChI is InChI=1S/C38H61NO8/c1-5-8-10-13-16-19-31(40)20-17-14-11-12-15-18-21-33(38(45,37(43)44)26-28-46-4)36(42)39-34(35(41)7-3)29-30-22-24-32(25-23-30)47-27-9-6-2/h18,21-25,33-34,45H,5-17,19-20,26-29H2,1-4H3,(H,39,42)(H,43,44)/b21-18+/t33-,34?,38+/m1/s1. The number of hydrogen-bond acceptors (Lipinski definition) is 7. The van der Waals surface area contributed by atoms with Crippen LogP contribution in [0.3, 0.4) is 0 Å². The summed E-state index contributed by atoms with van der Waals surface area (Å²) in [5.41, 5.74) is -1.61. The minimum Gasteiger partial charge on any atom is -0.494 e. The van der Waals surface area contributed by atoms with Gasteiger partial charge in [-0.25, -0.2) is 4.79 Å². The largest absolute Gasteiger partial charge is 0.494 e. The summed E-state index contributed by atoms with van der Waals surface area (Å²) in [6.45, 7) is 6.52. The molecule has 47 heavy (non-hydrogen) atoms. The van der Waals surface area contributed by atoms with E-state index in [0.29, 0.717) is 31.7 Å². The first-order chi connectivity index (χ1) is 22.6. The van der Waals surface area contributed by atoms with Crippen LogP contribution < -0.4 is 10.1 Å². The van der Waals surface area contributed by atoms with E-state index >= 15 is 0 Å². The Morgan fingerprint density at radius 2 is 1.47 bits per heavy atom. The fourth-order valence-electron chi connectivity index (χ4n) is 5.38. The van der Waals surface area contributed by atoms with Gasteiger partial charge in [-0.1, -0.05) is 90.0 Å². The number of carbonyl (C=O) groups is 4. The maximum atomic E-state index is 13.6. The summed E-state index contributed by atoms with van der Waals surface area (Å²) in [7, 11) is 1.39. The molecule has 9 heteroatoms. The van der Waals surface area contributed by atoms with Gasteiger partial charge in [-0.15, -0.1) is 0 Å². The number of rotatable bonds is 29. The monoisotopic (exact) mass is 659 g/mol. The van der Waals surface area contributed by atoms with Crippen molar-refractivity contribution in [1.29, 1.82) is 0 Å². The Bertz CT molecular complexity index is 1070. The SMILES string of the molecule is CCCCCCCC(=O)CCCCCC/C=C/[C@H](C(=O)NC(Cc1ccc(OCCCC)cc1)C(=O)CC)[C@@](O)(CCOC)C(=O)O. The van der Waals surface area contributed by atoms with Crippen molar-refractivity contribution in [2.75, 3.05) is 20.3 Å². The highest BCUT2D eigenvalue weighted by Crippen LogP contribution is 2.26. The van der Waals surface area contributed by atoms with Gasteiger partial charge in [0, 0.05) is 39.4 Å². The van der Waals surface area contributed by atoms with Gasteiger partial charge >= 0.3 is 5.97 Å². The first-order valence-electron chi connectivity index (χ1n) is 17.8. The Balaban J connectivity index is 2.85. The molecule has 266 valence electrons. The van der Waals surface area contributed by atoms with E-state index in [1.165, 1.54) is 32.4 Å². The number of ether oxygens (including phenoxy) is 2. The zero-order valence-electron chi connectivity index (χ0n) is 29.4. The molecule has 0 heterocycles. The zero-order chi connectivity index (χ0) is 34.9. The lowest BCUT2D eigenvalue weighted by molar-refractivity contribution is -0.168. The molecule has 1 unspecified atom stereocenters. The highest BCUT2D eigenvalue weighted by Gasteiger charge is 2.47. The molecule has 0 radical (unpaired) electrons. The van der Waals surface area contributed by atoms with E-state index in [1.54, 1.807) is 13.0 Å². The Morgan fingerprint density at radius 3 is 2.04 bits per heavy atom. The third-order valence-corrected chi connectivity index (χ3v) is 8.50. The maximum absolute atomic E-state index is 13.6. The average Bonchev–Trinajstić information content (AvgIpc) is 3.06. The van der Waals surface area contributed by atoms with E-state index in [4.69, 9.17) is 9.47 Å². The lowest BCUT2D eigenvalue weighted by Crippen LogP contribution is -2.55. The third-order valence-electron chi connectivity index (χ3n) is 8.50. The van der Waals surface area contributed by atoms with E-state index in [0.717, 1.165) is 62.7 Å². The molecule has 0 aromatic heterocycles. The minimum absolute atomic E-state index is 0.0676. The van der Waals surface area contributed by atoms with Crippen molar-refractivity contribution in [2.24, 2.45) is 5.92 Å². The highest BCUT2D eigenvalue weighted by molar-refractivity contribution is 5.94. The summed E-state index contributed by atoms with van der Waals surface area (Å²) in [5.74, 6) is -2.86. The molecule has 1 rings (SSSR count). The Kier molecular flexibility index (Phi) is 22.4. The van der Waals surface area contributed by atoms with Crippen molar-refractivity contribution in [2.45, 2.75) is 142 Å². The molecule has 3 N–H and O–H groups in total. The number of aliphatic carboxylic acids is 1. The van der Waals surface area contributed by atoms with Gasteiger partial charge in [-0.3, -0.25) is 14.4 Å². The summed E-state index contributed by atoms with van der Waals surface area (Å²) in [4.78, 5) is 51.0. The fraction of sp³-hybridized carbons (Fsp3) is 0.684. The molecular formula is C38H61NO8. The normalized spacial score (nSPS) is 14.0. The van der Waals surface area contributed by atoms with Crippen molar-refractivity contribution >= 4 is 23.4 Å². The van der Waals surface area contributed by atoms with Gasteiger partial charge in [0.2, 0.25) is 5.91 Å². The van der Waals surface area contributed by atoms with Crippen LogP contribution >= 0.6 is 0 Å². The molecule has 0 bridgehead atoms. The van der Waals surface area contributed by atoms with Gasteiger partial charge in [0.1, 0.15) is 11.5 Å². The molecular weight excluding hydrogens is 598 g/mol. The second-order valence-electron chi connectivity index (χ2n) is 12.5. The van der Waals surface area contributed by atoms with Crippen LogP contribution in [0.2, 0.25) is 0 Å². The molecule has 3 atom stereocenters. The van der Waals surface area contributed by atoms with Crippen molar-refractivity contribution < 1.29 is 38.9 Å². The predicted molar refractivity (Wildman–Crippen MR) is 186 cm³/mol. The van der Waals surface area contributed by atoms with Gasteiger partial charge in [-0.2, -0.15) is 0 Å². The van der Waals surface area contributed by atoms with Crippen LogP contribution in [-0.4, -0.2) is 65.6 Å². The summed E-state index contributed by atoms with van der Waals surface area (Å²) >= 11 is 0. The number of Topliss-reactive ketones (excluding diaryl/α,β-unsaturated/α-hetero) is 2. The molecule has 9 nitrogen and oxygen atoms in total. The van der Waals surface area contributed by atoms with Crippen LogP contribution in [-0.2, 0) is 30.3 Å².